The Morgan fingerprint density at radius 1 is 1.19 bits per heavy atom. The highest BCUT2D eigenvalue weighted by molar-refractivity contribution is 5.56. The average Bonchev–Trinajstić information content (AvgIpc) is 2.95. The summed E-state index contributed by atoms with van der Waals surface area (Å²) in [5.74, 6) is 0. The number of hydrogen-bond acceptors (Lipinski definition) is 2. The van der Waals surface area contributed by atoms with Crippen molar-refractivity contribution in [2.75, 3.05) is 25.0 Å². The Morgan fingerprint density at radius 2 is 2.00 bits per heavy atom. The van der Waals surface area contributed by atoms with Crippen molar-refractivity contribution in [1.29, 1.82) is 0 Å². The normalized spacial score (nSPS) is 24.4. The van der Waals surface area contributed by atoms with E-state index in [1.165, 1.54) is 56.6 Å². The van der Waals surface area contributed by atoms with Gasteiger partial charge in [-0.2, -0.15) is 0 Å². The molecule has 3 rings (SSSR count). The molecule has 0 saturated carbocycles. The molecule has 0 spiro atoms. The monoisotopic (exact) mass is 216 g/mol. The Labute approximate surface area is 97.6 Å². The molecule has 0 radical (unpaired) electrons. The van der Waals surface area contributed by atoms with Crippen LogP contribution in [0.3, 0.4) is 0 Å². The predicted octanol–water partition coefficient (Wildman–Crippen LogP) is 2.51. The molecule has 1 saturated heterocycles. The maximum Gasteiger partial charge on any atom is 0.0375 e. The molecule has 0 aromatic heterocycles. The molecule has 1 unspecified atom stereocenters. The minimum Gasteiger partial charge on any atom is -0.382 e. The Bertz CT molecular complexity index is 331. The molecule has 2 heterocycles. The van der Waals surface area contributed by atoms with Gasteiger partial charge in [-0.15, -0.1) is 0 Å². The Hall–Kier alpha value is -1.02. The highest BCUT2D eigenvalue weighted by Crippen LogP contribution is 2.26. The number of anilines is 1. The third kappa shape index (κ3) is 2.07. The van der Waals surface area contributed by atoms with Crippen LogP contribution in [0.5, 0.6) is 0 Å². The summed E-state index contributed by atoms with van der Waals surface area (Å²) in [4.78, 5) is 2.60. The zero-order valence-corrected chi connectivity index (χ0v) is 9.78. The van der Waals surface area contributed by atoms with E-state index in [1.807, 2.05) is 0 Å². The van der Waals surface area contributed by atoms with Crippen LogP contribution in [0.15, 0.2) is 24.3 Å². The van der Waals surface area contributed by atoms with Gasteiger partial charge in [0, 0.05) is 18.3 Å². The van der Waals surface area contributed by atoms with E-state index < -0.39 is 0 Å². The first-order valence-corrected chi connectivity index (χ1v) is 6.48. The third-order valence-corrected chi connectivity index (χ3v) is 3.84. The summed E-state index contributed by atoms with van der Waals surface area (Å²) < 4.78 is 0. The van der Waals surface area contributed by atoms with Crippen molar-refractivity contribution in [2.24, 2.45) is 0 Å². The molecule has 0 bridgehead atoms. The number of likely N-dealkylation sites (tertiary alicyclic amines) is 1. The van der Waals surface area contributed by atoms with Crippen LogP contribution in [0.2, 0.25) is 0 Å². The molecule has 2 heteroatoms. The molecule has 2 aliphatic rings. The van der Waals surface area contributed by atoms with E-state index in [0.717, 1.165) is 0 Å². The SMILES string of the molecule is c1ccc2c(c1)CC(CCN1CCCC1)N2. The number of para-hydroxylation sites is 1. The summed E-state index contributed by atoms with van der Waals surface area (Å²) in [5, 5.41) is 3.63. The summed E-state index contributed by atoms with van der Waals surface area (Å²) >= 11 is 0. The number of benzene rings is 1. The van der Waals surface area contributed by atoms with Gasteiger partial charge in [-0.05, 0) is 50.4 Å². The Morgan fingerprint density at radius 3 is 2.81 bits per heavy atom. The molecule has 1 fully saturated rings. The van der Waals surface area contributed by atoms with Gasteiger partial charge in [-0.1, -0.05) is 18.2 Å². The third-order valence-electron chi connectivity index (χ3n) is 3.84. The fourth-order valence-corrected chi connectivity index (χ4v) is 2.89. The molecular formula is C14H20N2. The minimum absolute atomic E-state index is 0.665. The van der Waals surface area contributed by atoms with Crippen molar-refractivity contribution in [1.82, 2.24) is 4.90 Å². The van der Waals surface area contributed by atoms with Gasteiger partial charge in [0.2, 0.25) is 0 Å². The average molecular weight is 216 g/mol. The maximum atomic E-state index is 3.63. The molecule has 86 valence electrons. The smallest absolute Gasteiger partial charge is 0.0375 e. The van der Waals surface area contributed by atoms with Crippen LogP contribution < -0.4 is 5.32 Å². The molecule has 1 atom stereocenters. The largest absolute Gasteiger partial charge is 0.382 e. The standard InChI is InChI=1S/C14H20N2/c1-2-6-14-12(5-1)11-13(15-14)7-10-16-8-3-4-9-16/h1-2,5-6,13,15H,3-4,7-11H2. The van der Waals surface area contributed by atoms with Crippen molar-refractivity contribution in [2.45, 2.75) is 31.7 Å². The molecule has 1 N–H and O–H groups in total. The molecule has 2 nitrogen and oxygen atoms in total. The van der Waals surface area contributed by atoms with Gasteiger partial charge in [0.1, 0.15) is 0 Å². The van der Waals surface area contributed by atoms with Crippen LogP contribution >= 0.6 is 0 Å². The first kappa shape index (κ1) is 10.2. The quantitative estimate of drug-likeness (QED) is 0.835. The fraction of sp³-hybridized carbons (Fsp3) is 0.571. The second kappa shape index (κ2) is 4.46. The summed E-state index contributed by atoms with van der Waals surface area (Å²) in [6.45, 7) is 3.91. The summed E-state index contributed by atoms with van der Waals surface area (Å²) in [7, 11) is 0. The molecule has 0 aliphatic carbocycles. The molecule has 16 heavy (non-hydrogen) atoms. The number of fused-ring (bicyclic) bond motifs is 1. The number of hydrogen-bond donors (Lipinski definition) is 1. The second-order valence-electron chi connectivity index (χ2n) is 5.04. The zero-order chi connectivity index (χ0) is 10.8. The fourth-order valence-electron chi connectivity index (χ4n) is 2.89. The number of nitrogens with one attached hydrogen (secondary N) is 1. The van der Waals surface area contributed by atoms with Gasteiger partial charge in [-0.3, -0.25) is 0 Å². The van der Waals surface area contributed by atoms with E-state index in [0.29, 0.717) is 6.04 Å². The van der Waals surface area contributed by atoms with Gasteiger partial charge in [-0.25, -0.2) is 0 Å². The van der Waals surface area contributed by atoms with Crippen LogP contribution in [0.25, 0.3) is 0 Å². The second-order valence-corrected chi connectivity index (χ2v) is 5.04. The highest BCUT2D eigenvalue weighted by atomic mass is 15.1. The lowest BCUT2D eigenvalue weighted by Crippen LogP contribution is -2.26. The molecule has 1 aromatic carbocycles. The van der Waals surface area contributed by atoms with E-state index in [-0.39, 0.29) is 0 Å². The maximum absolute atomic E-state index is 3.63. The summed E-state index contributed by atoms with van der Waals surface area (Å²) in [6.07, 6.45) is 5.30. The van der Waals surface area contributed by atoms with Crippen molar-refractivity contribution >= 4 is 5.69 Å². The topological polar surface area (TPSA) is 15.3 Å². The van der Waals surface area contributed by atoms with Crippen molar-refractivity contribution in [3.63, 3.8) is 0 Å². The van der Waals surface area contributed by atoms with Crippen LogP contribution in [0.4, 0.5) is 5.69 Å². The number of rotatable bonds is 3. The van der Waals surface area contributed by atoms with E-state index in [4.69, 9.17) is 0 Å². The van der Waals surface area contributed by atoms with E-state index in [2.05, 4.69) is 34.5 Å². The van der Waals surface area contributed by atoms with Crippen LogP contribution in [-0.2, 0) is 6.42 Å². The van der Waals surface area contributed by atoms with Gasteiger partial charge in [0.15, 0.2) is 0 Å². The number of nitrogens with zero attached hydrogens (tertiary/aromatic N) is 1. The lowest BCUT2D eigenvalue weighted by atomic mass is 10.1. The highest BCUT2D eigenvalue weighted by Gasteiger charge is 2.21. The van der Waals surface area contributed by atoms with Gasteiger partial charge in [0.05, 0.1) is 0 Å². The molecule has 0 amide bonds. The van der Waals surface area contributed by atoms with Crippen molar-refractivity contribution in [3.05, 3.63) is 29.8 Å². The summed E-state index contributed by atoms with van der Waals surface area (Å²) in [5.41, 5.74) is 2.85. The Balaban J connectivity index is 1.52. The predicted molar refractivity (Wildman–Crippen MR) is 67.8 cm³/mol. The van der Waals surface area contributed by atoms with Crippen LogP contribution in [-0.4, -0.2) is 30.6 Å². The Kier molecular flexibility index (Phi) is 2.83. The van der Waals surface area contributed by atoms with Crippen LogP contribution in [0.1, 0.15) is 24.8 Å². The lowest BCUT2D eigenvalue weighted by Gasteiger charge is -2.18. The molecule has 1 aromatic rings. The molecular weight excluding hydrogens is 196 g/mol. The lowest BCUT2D eigenvalue weighted by molar-refractivity contribution is 0.326. The van der Waals surface area contributed by atoms with Crippen LogP contribution in [0, 0.1) is 0 Å². The minimum atomic E-state index is 0.665. The first-order chi connectivity index (χ1) is 7.92. The van der Waals surface area contributed by atoms with Gasteiger partial charge >= 0.3 is 0 Å². The first-order valence-electron chi connectivity index (χ1n) is 6.48. The summed E-state index contributed by atoms with van der Waals surface area (Å²) in [6, 6.07) is 9.37. The van der Waals surface area contributed by atoms with Crippen molar-refractivity contribution in [3.8, 4) is 0 Å². The van der Waals surface area contributed by atoms with E-state index in [9.17, 15) is 0 Å². The van der Waals surface area contributed by atoms with E-state index >= 15 is 0 Å². The van der Waals surface area contributed by atoms with Crippen molar-refractivity contribution < 1.29 is 0 Å². The van der Waals surface area contributed by atoms with Gasteiger partial charge < -0.3 is 10.2 Å². The zero-order valence-electron chi connectivity index (χ0n) is 9.78. The van der Waals surface area contributed by atoms with Gasteiger partial charge in [0.25, 0.3) is 0 Å². The molecule has 2 aliphatic heterocycles. The van der Waals surface area contributed by atoms with E-state index in [1.54, 1.807) is 0 Å².